The standard InChI is InChI=1S/C18H32N2/c1-7-17(19)18(16-10-8-14(4)9-11-16)20(6)15(5)12-13(2)3/h8-11,13,15,17-18H,7,12,19H2,1-6H3. The summed E-state index contributed by atoms with van der Waals surface area (Å²) >= 11 is 0. The Hall–Kier alpha value is -0.860. The molecule has 2 N–H and O–H groups in total. The Morgan fingerprint density at radius 2 is 1.65 bits per heavy atom. The van der Waals surface area contributed by atoms with E-state index < -0.39 is 0 Å². The molecule has 0 heterocycles. The van der Waals surface area contributed by atoms with Gasteiger partial charge in [0.25, 0.3) is 0 Å². The van der Waals surface area contributed by atoms with Gasteiger partial charge in [0.05, 0.1) is 0 Å². The molecule has 1 aromatic rings. The van der Waals surface area contributed by atoms with Gasteiger partial charge in [0.1, 0.15) is 0 Å². The van der Waals surface area contributed by atoms with Gasteiger partial charge >= 0.3 is 0 Å². The molecule has 0 bridgehead atoms. The minimum Gasteiger partial charge on any atom is -0.326 e. The van der Waals surface area contributed by atoms with E-state index in [1.165, 1.54) is 17.5 Å². The van der Waals surface area contributed by atoms with Crippen LogP contribution in [0.1, 0.15) is 57.7 Å². The van der Waals surface area contributed by atoms with Crippen LogP contribution in [-0.4, -0.2) is 24.0 Å². The van der Waals surface area contributed by atoms with Gasteiger partial charge in [0, 0.05) is 18.1 Å². The number of aryl methyl sites for hydroxylation is 1. The predicted molar refractivity (Wildman–Crippen MR) is 88.9 cm³/mol. The van der Waals surface area contributed by atoms with E-state index in [0.29, 0.717) is 18.0 Å². The van der Waals surface area contributed by atoms with Crippen LogP contribution in [0.5, 0.6) is 0 Å². The lowest BCUT2D eigenvalue weighted by atomic mass is 9.93. The highest BCUT2D eigenvalue weighted by molar-refractivity contribution is 5.25. The summed E-state index contributed by atoms with van der Waals surface area (Å²) in [5.74, 6) is 0.712. The fourth-order valence-electron chi connectivity index (χ4n) is 2.89. The fourth-order valence-corrected chi connectivity index (χ4v) is 2.89. The van der Waals surface area contributed by atoms with E-state index in [9.17, 15) is 0 Å². The molecule has 0 aliphatic rings. The Morgan fingerprint density at radius 3 is 2.10 bits per heavy atom. The average molecular weight is 276 g/mol. The topological polar surface area (TPSA) is 29.3 Å². The monoisotopic (exact) mass is 276 g/mol. The SMILES string of the molecule is CCC(N)C(c1ccc(C)cc1)N(C)C(C)CC(C)C. The van der Waals surface area contributed by atoms with Gasteiger partial charge in [0.15, 0.2) is 0 Å². The summed E-state index contributed by atoms with van der Waals surface area (Å²) in [6, 6.07) is 9.85. The molecule has 3 unspecified atom stereocenters. The van der Waals surface area contributed by atoms with Crippen LogP contribution in [0.15, 0.2) is 24.3 Å². The Labute approximate surface area is 125 Å². The second-order valence-corrected chi connectivity index (χ2v) is 6.57. The highest BCUT2D eigenvalue weighted by atomic mass is 15.2. The molecule has 1 rings (SSSR count). The molecule has 0 aliphatic heterocycles. The van der Waals surface area contributed by atoms with Gasteiger partial charge in [0.2, 0.25) is 0 Å². The first-order chi connectivity index (χ1) is 9.36. The molecule has 3 atom stereocenters. The number of hydrogen-bond acceptors (Lipinski definition) is 2. The molecular weight excluding hydrogens is 244 g/mol. The molecule has 0 radical (unpaired) electrons. The largest absolute Gasteiger partial charge is 0.326 e. The quantitative estimate of drug-likeness (QED) is 0.811. The summed E-state index contributed by atoms with van der Waals surface area (Å²) in [5.41, 5.74) is 9.05. The molecule has 114 valence electrons. The summed E-state index contributed by atoms with van der Waals surface area (Å²) < 4.78 is 0. The fraction of sp³-hybridized carbons (Fsp3) is 0.667. The molecule has 0 amide bonds. The Balaban J connectivity index is 2.97. The van der Waals surface area contributed by atoms with Crippen LogP contribution in [0.2, 0.25) is 0 Å². The highest BCUT2D eigenvalue weighted by Crippen LogP contribution is 2.27. The van der Waals surface area contributed by atoms with Crippen LogP contribution in [0.3, 0.4) is 0 Å². The van der Waals surface area contributed by atoms with Crippen LogP contribution >= 0.6 is 0 Å². The summed E-state index contributed by atoms with van der Waals surface area (Å²) in [6.45, 7) is 11.2. The van der Waals surface area contributed by atoms with E-state index in [2.05, 4.69) is 70.8 Å². The zero-order valence-corrected chi connectivity index (χ0v) is 14.1. The second-order valence-electron chi connectivity index (χ2n) is 6.57. The van der Waals surface area contributed by atoms with Crippen LogP contribution in [0, 0.1) is 12.8 Å². The Bertz CT molecular complexity index is 383. The first-order valence-corrected chi connectivity index (χ1v) is 7.90. The number of hydrogen-bond donors (Lipinski definition) is 1. The zero-order chi connectivity index (χ0) is 15.3. The van der Waals surface area contributed by atoms with Gasteiger partial charge in [-0.25, -0.2) is 0 Å². The average Bonchev–Trinajstić information content (AvgIpc) is 2.40. The van der Waals surface area contributed by atoms with Crippen molar-refractivity contribution in [1.82, 2.24) is 4.90 Å². The summed E-state index contributed by atoms with van der Waals surface area (Å²) in [4.78, 5) is 2.46. The van der Waals surface area contributed by atoms with E-state index in [-0.39, 0.29) is 6.04 Å². The lowest BCUT2D eigenvalue weighted by Gasteiger charge is -2.37. The van der Waals surface area contributed by atoms with Gasteiger partial charge < -0.3 is 5.73 Å². The molecule has 0 aliphatic carbocycles. The third-order valence-electron chi connectivity index (χ3n) is 4.24. The lowest BCUT2D eigenvalue weighted by Crippen LogP contribution is -2.43. The maximum atomic E-state index is 6.42. The van der Waals surface area contributed by atoms with Gasteiger partial charge in [-0.05, 0) is 45.2 Å². The molecule has 0 spiro atoms. The molecule has 0 fully saturated rings. The van der Waals surface area contributed by atoms with Crippen molar-refractivity contribution in [2.45, 2.75) is 65.6 Å². The molecule has 2 nitrogen and oxygen atoms in total. The van der Waals surface area contributed by atoms with E-state index in [1.807, 2.05) is 0 Å². The van der Waals surface area contributed by atoms with Gasteiger partial charge in [-0.3, -0.25) is 4.90 Å². The number of nitrogens with zero attached hydrogens (tertiary/aromatic N) is 1. The molecule has 20 heavy (non-hydrogen) atoms. The predicted octanol–water partition coefficient (Wildman–Crippen LogP) is 4.14. The van der Waals surface area contributed by atoms with Crippen molar-refractivity contribution in [3.8, 4) is 0 Å². The highest BCUT2D eigenvalue weighted by Gasteiger charge is 2.26. The molecule has 0 saturated carbocycles. The third kappa shape index (κ3) is 4.60. The normalized spacial score (nSPS) is 16.4. The number of likely N-dealkylation sites (N-methyl/N-ethyl adjacent to an activating group) is 1. The number of nitrogens with two attached hydrogens (primary N) is 1. The summed E-state index contributed by atoms with van der Waals surface area (Å²) in [6.07, 6.45) is 2.20. The van der Waals surface area contributed by atoms with Crippen LogP contribution in [0.25, 0.3) is 0 Å². The minimum atomic E-state index is 0.178. The number of rotatable bonds is 7. The first-order valence-electron chi connectivity index (χ1n) is 7.90. The third-order valence-corrected chi connectivity index (χ3v) is 4.24. The maximum Gasteiger partial charge on any atom is 0.0498 e. The van der Waals surface area contributed by atoms with Crippen molar-refractivity contribution in [3.05, 3.63) is 35.4 Å². The zero-order valence-electron chi connectivity index (χ0n) is 14.1. The van der Waals surface area contributed by atoms with Crippen molar-refractivity contribution in [2.24, 2.45) is 11.7 Å². The lowest BCUT2D eigenvalue weighted by molar-refractivity contribution is 0.142. The molecule has 2 heteroatoms. The molecule has 0 saturated heterocycles. The maximum absolute atomic E-state index is 6.42. The van der Waals surface area contributed by atoms with E-state index in [0.717, 1.165) is 6.42 Å². The van der Waals surface area contributed by atoms with E-state index in [1.54, 1.807) is 0 Å². The van der Waals surface area contributed by atoms with E-state index >= 15 is 0 Å². The minimum absolute atomic E-state index is 0.178. The van der Waals surface area contributed by atoms with Crippen molar-refractivity contribution in [1.29, 1.82) is 0 Å². The van der Waals surface area contributed by atoms with Crippen molar-refractivity contribution in [3.63, 3.8) is 0 Å². The van der Waals surface area contributed by atoms with Gasteiger partial charge in [-0.2, -0.15) is 0 Å². The van der Waals surface area contributed by atoms with Crippen molar-refractivity contribution >= 4 is 0 Å². The summed E-state index contributed by atoms with van der Waals surface area (Å²) in [5, 5.41) is 0. The Kier molecular flexibility index (Phi) is 6.70. The Morgan fingerprint density at radius 1 is 1.10 bits per heavy atom. The van der Waals surface area contributed by atoms with Gasteiger partial charge in [-0.1, -0.05) is 50.6 Å². The first kappa shape index (κ1) is 17.2. The van der Waals surface area contributed by atoms with Gasteiger partial charge in [-0.15, -0.1) is 0 Å². The van der Waals surface area contributed by atoms with Crippen molar-refractivity contribution in [2.75, 3.05) is 7.05 Å². The molecular formula is C18H32N2. The summed E-state index contributed by atoms with van der Waals surface area (Å²) in [7, 11) is 2.22. The molecule has 1 aromatic carbocycles. The van der Waals surface area contributed by atoms with Crippen LogP contribution in [-0.2, 0) is 0 Å². The van der Waals surface area contributed by atoms with Crippen LogP contribution in [0.4, 0.5) is 0 Å². The van der Waals surface area contributed by atoms with E-state index in [4.69, 9.17) is 5.73 Å². The smallest absolute Gasteiger partial charge is 0.0498 e. The number of benzene rings is 1. The molecule has 0 aromatic heterocycles. The van der Waals surface area contributed by atoms with Crippen LogP contribution < -0.4 is 5.73 Å². The van der Waals surface area contributed by atoms with Crippen molar-refractivity contribution < 1.29 is 0 Å². The second kappa shape index (κ2) is 7.80.